The first-order chi connectivity index (χ1) is 20.2. The van der Waals surface area contributed by atoms with Gasteiger partial charge in [-0.25, -0.2) is 0 Å². The summed E-state index contributed by atoms with van der Waals surface area (Å²) in [6, 6.07) is 12.0. The number of hydrogen-bond donors (Lipinski definition) is 0. The Morgan fingerprint density at radius 2 is 1.05 bits per heavy atom. The van der Waals surface area contributed by atoms with E-state index in [1.165, 1.54) is 23.0 Å². The number of methoxy groups -OCH3 is 2. The van der Waals surface area contributed by atoms with Gasteiger partial charge in [-0.15, -0.1) is 0 Å². The second-order valence-electron chi connectivity index (χ2n) is 14.6. The van der Waals surface area contributed by atoms with Crippen molar-refractivity contribution in [2.75, 3.05) is 14.2 Å². The van der Waals surface area contributed by atoms with Crippen LogP contribution in [0.15, 0.2) is 42.5 Å². The molecular weight excluding hydrogens is 576 g/mol. The summed E-state index contributed by atoms with van der Waals surface area (Å²) in [4.78, 5) is 0. The normalized spacial score (nSPS) is 13.0. The summed E-state index contributed by atoms with van der Waals surface area (Å²) in [6.07, 6.45) is -4.40. The maximum absolute atomic E-state index is 13.6. The van der Waals surface area contributed by atoms with E-state index in [2.05, 4.69) is 89.2 Å². The van der Waals surface area contributed by atoms with Crippen LogP contribution >= 0.6 is 7.92 Å². The first-order valence-electron chi connectivity index (χ1n) is 15.6. The molecule has 0 radical (unpaired) electrons. The van der Waals surface area contributed by atoms with Crippen molar-refractivity contribution in [1.29, 1.82) is 0 Å². The van der Waals surface area contributed by atoms with E-state index in [0.29, 0.717) is 0 Å². The number of ether oxygens (including phenoxy) is 2. The third-order valence-corrected chi connectivity index (χ3v) is 11.7. The zero-order valence-electron chi connectivity index (χ0n) is 29.2. The standard InChI is InChI=1S/C38H52F3O2P/c1-22(2)27-21-28(23(3)4)33(31(24(5)6)32(27)25-15-17-26(18-16-25)38(39,40)41)34-29(42-13)19-20-30(43-14)35(34)44(36(7,8)9)37(10,11)12/h15-24H,1-14H3. The lowest BCUT2D eigenvalue weighted by molar-refractivity contribution is -0.137. The van der Waals surface area contributed by atoms with Gasteiger partial charge in [-0.2, -0.15) is 13.2 Å². The second-order valence-corrected chi connectivity index (χ2v) is 18.4. The number of benzene rings is 3. The van der Waals surface area contributed by atoms with Crippen molar-refractivity contribution in [3.05, 3.63) is 64.7 Å². The molecule has 0 saturated carbocycles. The molecule has 3 aromatic rings. The van der Waals surface area contributed by atoms with Gasteiger partial charge in [-0.05, 0) is 85.7 Å². The highest BCUT2D eigenvalue weighted by atomic mass is 31.1. The van der Waals surface area contributed by atoms with E-state index in [1.54, 1.807) is 26.4 Å². The van der Waals surface area contributed by atoms with Crippen molar-refractivity contribution in [1.82, 2.24) is 0 Å². The summed E-state index contributed by atoms with van der Waals surface area (Å²) in [5.41, 5.74) is 6.78. The lowest BCUT2D eigenvalue weighted by Gasteiger charge is -2.44. The van der Waals surface area contributed by atoms with Crippen LogP contribution in [0.25, 0.3) is 22.3 Å². The summed E-state index contributed by atoms with van der Waals surface area (Å²) in [5, 5.41) is 1.04. The lowest BCUT2D eigenvalue weighted by atomic mass is 9.76. The molecule has 3 rings (SSSR count). The number of alkyl halides is 3. The van der Waals surface area contributed by atoms with Crippen molar-refractivity contribution >= 4 is 13.2 Å². The molecule has 44 heavy (non-hydrogen) atoms. The molecule has 3 aromatic carbocycles. The van der Waals surface area contributed by atoms with E-state index in [0.717, 1.165) is 44.9 Å². The Bertz CT molecular complexity index is 1440. The Kier molecular flexibility index (Phi) is 10.7. The lowest BCUT2D eigenvalue weighted by Crippen LogP contribution is -2.33. The minimum atomic E-state index is -4.40. The Morgan fingerprint density at radius 1 is 0.591 bits per heavy atom. The van der Waals surface area contributed by atoms with Gasteiger partial charge >= 0.3 is 6.18 Å². The van der Waals surface area contributed by atoms with Gasteiger partial charge in [0.15, 0.2) is 0 Å². The van der Waals surface area contributed by atoms with Gasteiger partial charge in [0.25, 0.3) is 0 Å². The maximum atomic E-state index is 13.6. The van der Waals surface area contributed by atoms with Crippen molar-refractivity contribution in [2.24, 2.45) is 0 Å². The molecule has 2 nitrogen and oxygen atoms in total. The van der Waals surface area contributed by atoms with Crippen LogP contribution in [-0.2, 0) is 6.18 Å². The summed E-state index contributed by atoms with van der Waals surface area (Å²) < 4.78 is 53.2. The van der Waals surface area contributed by atoms with Gasteiger partial charge < -0.3 is 9.47 Å². The SMILES string of the molecule is COc1ccc(OC)c(P(C(C)(C)C)C(C)(C)C)c1-c1c(C(C)C)cc(C(C)C)c(-c2ccc(C(F)(F)F)cc2)c1C(C)C. The molecule has 0 aromatic heterocycles. The molecule has 0 aliphatic rings. The molecular formula is C38H52F3O2P. The molecule has 242 valence electrons. The molecule has 0 aliphatic heterocycles. The van der Waals surface area contributed by atoms with Crippen molar-refractivity contribution < 1.29 is 22.6 Å². The average Bonchev–Trinajstić information content (AvgIpc) is 2.89. The van der Waals surface area contributed by atoms with Crippen molar-refractivity contribution in [2.45, 2.75) is 117 Å². The molecule has 0 heterocycles. The smallest absolute Gasteiger partial charge is 0.416 e. The highest BCUT2D eigenvalue weighted by Crippen LogP contribution is 2.62. The van der Waals surface area contributed by atoms with E-state index in [-0.39, 0.29) is 28.1 Å². The predicted octanol–water partition coefficient (Wildman–Crippen LogP) is 12.1. The monoisotopic (exact) mass is 628 g/mol. The largest absolute Gasteiger partial charge is 0.496 e. The van der Waals surface area contributed by atoms with Gasteiger partial charge in [0.2, 0.25) is 0 Å². The van der Waals surface area contributed by atoms with Crippen LogP contribution in [0.1, 0.15) is 123 Å². The van der Waals surface area contributed by atoms with E-state index in [9.17, 15) is 13.2 Å². The molecule has 0 fully saturated rings. The highest BCUT2D eigenvalue weighted by molar-refractivity contribution is 7.69. The molecule has 0 unspecified atom stereocenters. The molecule has 0 bridgehead atoms. The van der Waals surface area contributed by atoms with Crippen molar-refractivity contribution in [3.63, 3.8) is 0 Å². The minimum absolute atomic E-state index is 0.0634. The quantitative estimate of drug-likeness (QED) is 0.231. The zero-order chi connectivity index (χ0) is 33.5. The van der Waals surface area contributed by atoms with Gasteiger partial charge in [-0.3, -0.25) is 0 Å². The van der Waals surface area contributed by atoms with Crippen LogP contribution in [-0.4, -0.2) is 24.5 Å². The average molecular weight is 629 g/mol. The van der Waals surface area contributed by atoms with E-state index >= 15 is 0 Å². The summed E-state index contributed by atoms with van der Waals surface area (Å²) >= 11 is 0. The van der Waals surface area contributed by atoms with Gasteiger partial charge in [0.1, 0.15) is 11.5 Å². The van der Waals surface area contributed by atoms with Crippen LogP contribution in [0.3, 0.4) is 0 Å². The van der Waals surface area contributed by atoms with Gasteiger partial charge in [-0.1, -0.05) is 109 Å². The summed E-state index contributed by atoms with van der Waals surface area (Å²) in [7, 11) is 2.62. The minimum Gasteiger partial charge on any atom is -0.496 e. The van der Waals surface area contributed by atoms with E-state index < -0.39 is 19.7 Å². The van der Waals surface area contributed by atoms with Crippen molar-refractivity contribution in [3.8, 4) is 33.8 Å². The first-order valence-corrected chi connectivity index (χ1v) is 16.9. The zero-order valence-corrected chi connectivity index (χ0v) is 30.1. The molecule has 0 atom stereocenters. The first kappa shape index (κ1) is 36.0. The highest BCUT2D eigenvalue weighted by Gasteiger charge is 2.41. The van der Waals surface area contributed by atoms with Crippen LogP contribution in [0.2, 0.25) is 0 Å². The molecule has 0 N–H and O–H groups in total. The Balaban J connectivity index is 2.72. The van der Waals surface area contributed by atoms with Crippen LogP contribution in [0.4, 0.5) is 13.2 Å². The van der Waals surface area contributed by atoms with E-state index in [4.69, 9.17) is 9.47 Å². The van der Waals surface area contributed by atoms with E-state index in [1.807, 2.05) is 12.1 Å². The fourth-order valence-corrected chi connectivity index (χ4v) is 10.9. The number of rotatable bonds is 8. The van der Waals surface area contributed by atoms with Gasteiger partial charge in [0.05, 0.1) is 19.8 Å². The topological polar surface area (TPSA) is 18.5 Å². The van der Waals surface area contributed by atoms with Gasteiger partial charge in [0, 0.05) is 10.9 Å². The molecule has 0 saturated heterocycles. The third-order valence-electron chi connectivity index (χ3n) is 8.11. The third kappa shape index (κ3) is 7.14. The van der Waals surface area contributed by atoms with Crippen LogP contribution in [0, 0.1) is 0 Å². The Morgan fingerprint density at radius 3 is 1.43 bits per heavy atom. The molecule has 0 aliphatic carbocycles. The van der Waals surface area contributed by atoms with Crippen LogP contribution < -0.4 is 14.8 Å². The Hall–Kier alpha value is -2.52. The summed E-state index contributed by atoms with van der Waals surface area (Å²) in [6.45, 7) is 26.9. The molecule has 6 heteroatoms. The Labute approximate surface area is 265 Å². The molecule has 0 amide bonds. The fourth-order valence-electron chi connectivity index (χ4n) is 6.69. The fraction of sp³-hybridized carbons (Fsp3) is 0.526. The number of hydrogen-bond acceptors (Lipinski definition) is 2. The number of halogens is 3. The maximum Gasteiger partial charge on any atom is 0.416 e. The second kappa shape index (κ2) is 13.1. The molecule has 0 spiro atoms. The predicted molar refractivity (Wildman–Crippen MR) is 184 cm³/mol. The van der Waals surface area contributed by atoms with Crippen LogP contribution in [0.5, 0.6) is 11.5 Å². The summed E-state index contributed by atoms with van der Waals surface area (Å²) in [5.74, 6) is 2.02.